The van der Waals surface area contributed by atoms with Gasteiger partial charge in [-0.3, -0.25) is 0 Å². The number of hydrogen-bond donors (Lipinski definition) is 1. The number of piperazine rings is 1. The van der Waals surface area contributed by atoms with Gasteiger partial charge in [-0.15, -0.1) is 0 Å². The van der Waals surface area contributed by atoms with Crippen LogP contribution in [0.15, 0.2) is 34.7 Å². The van der Waals surface area contributed by atoms with Crippen molar-refractivity contribution in [3.63, 3.8) is 0 Å². The Labute approximate surface area is 135 Å². The molecule has 1 aliphatic heterocycles. The fourth-order valence-corrected chi connectivity index (χ4v) is 2.55. The van der Waals surface area contributed by atoms with E-state index in [1.807, 2.05) is 0 Å². The molecule has 0 radical (unpaired) electrons. The lowest BCUT2D eigenvalue weighted by molar-refractivity contribution is -0.140. The summed E-state index contributed by atoms with van der Waals surface area (Å²) in [5.74, 6) is -0.416. The molecule has 0 unspecified atom stereocenters. The first-order chi connectivity index (χ1) is 11.4. The molecule has 0 saturated carbocycles. The smallest absolute Gasteiger partial charge is 0.420 e. The number of halogens is 3. The van der Waals surface area contributed by atoms with E-state index >= 15 is 0 Å². The second-order valence-electron chi connectivity index (χ2n) is 5.35. The van der Waals surface area contributed by atoms with E-state index in [4.69, 9.17) is 10.2 Å². The molecule has 2 heterocycles. The maximum Gasteiger partial charge on any atom is 0.438 e. The number of amides is 2. The molecule has 1 aromatic heterocycles. The summed E-state index contributed by atoms with van der Waals surface area (Å²) in [5.41, 5.74) is 4.59. The van der Waals surface area contributed by atoms with E-state index in [0.29, 0.717) is 5.56 Å². The van der Waals surface area contributed by atoms with Crippen molar-refractivity contribution in [2.24, 2.45) is 5.73 Å². The second kappa shape index (κ2) is 6.06. The summed E-state index contributed by atoms with van der Waals surface area (Å²) < 4.78 is 45.3. The molecule has 0 spiro atoms. The third kappa shape index (κ3) is 3.15. The van der Waals surface area contributed by atoms with Gasteiger partial charge in [0, 0.05) is 31.7 Å². The number of oxazole rings is 1. The van der Waals surface area contributed by atoms with E-state index in [-0.39, 0.29) is 38.0 Å². The molecule has 1 aliphatic rings. The summed E-state index contributed by atoms with van der Waals surface area (Å²) in [4.78, 5) is 17.6. The highest BCUT2D eigenvalue weighted by atomic mass is 19.4. The standard InChI is InChI=1S/C15H15F3N4O2/c16-15(17,18)11-13(21-6-8-22(9-7-21)14(19)23)24-12(20-11)10-4-2-1-3-5-10/h1-5H,6-9H2,(H2,19,23). The summed E-state index contributed by atoms with van der Waals surface area (Å²) in [7, 11) is 0. The molecule has 128 valence electrons. The molecule has 0 atom stereocenters. The van der Waals surface area contributed by atoms with E-state index in [2.05, 4.69) is 4.98 Å². The number of alkyl halides is 3. The first kappa shape index (κ1) is 16.2. The highest BCUT2D eigenvalue weighted by Crippen LogP contribution is 2.39. The number of carbonyl (C=O) groups excluding carboxylic acids is 1. The maximum absolute atomic E-state index is 13.3. The predicted molar refractivity (Wildman–Crippen MR) is 80.3 cm³/mol. The molecular formula is C15H15F3N4O2. The van der Waals surface area contributed by atoms with Gasteiger partial charge in [0.05, 0.1) is 0 Å². The SMILES string of the molecule is NC(=O)N1CCN(c2oc(-c3ccccc3)nc2C(F)(F)F)CC1. The van der Waals surface area contributed by atoms with Crippen molar-refractivity contribution in [3.8, 4) is 11.5 Å². The number of hydrogen-bond acceptors (Lipinski definition) is 4. The van der Waals surface area contributed by atoms with Crippen molar-refractivity contribution in [1.82, 2.24) is 9.88 Å². The molecule has 0 bridgehead atoms. The van der Waals surface area contributed by atoms with Gasteiger partial charge >= 0.3 is 12.2 Å². The Morgan fingerprint density at radius 2 is 1.75 bits per heavy atom. The predicted octanol–water partition coefficient (Wildman–Crippen LogP) is 2.56. The van der Waals surface area contributed by atoms with Gasteiger partial charge in [0.15, 0.2) is 0 Å². The van der Waals surface area contributed by atoms with Crippen LogP contribution in [-0.4, -0.2) is 42.1 Å². The van der Waals surface area contributed by atoms with E-state index in [1.165, 1.54) is 9.80 Å². The quantitative estimate of drug-likeness (QED) is 0.912. The van der Waals surface area contributed by atoms with Gasteiger partial charge in [-0.2, -0.15) is 13.2 Å². The Morgan fingerprint density at radius 3 is 2.29 bits per heavy atom. The molecule has 3 rings (SSSR count). The normalized spacial score (nSPS) is 15.6. The fraction of sp³-hybridized carbons (Fsp3) is 0.333. The highest BCUT2D eigenvalue weighted by Gasteiger charge is 2.41. The number of benzene rings is 1. The molecular weight excluding hydrogens is 325 g/mol. The van der Waals surface area contributed by atoms with Crippen LogP contribution in [0, 0.1) is 0 Å². The van der Waals surface area contributed by atoms with E-state index < -0.39 is 17.9 Å². The van der Waals surface area contributed by atoms with Crippen LogP contribution in [0.2, 0.25) is 0 Å². The van der Waals surface area contributed by atoms with E-state index in [1.54, 1.807) is 30.3 Å². The average molecular weight is 340 g/mol. The lowest BCUT2D eigenvalue weighted by Crippen LogP contribution is -2.50. The number of carbonyl (C=O) groups is 1. The van der Waals surface area contributed by atoms with Gasteiger partial charge in [0.25, 0.3) is 0 Å². The maximum atomic E-state index is 13.3. The highest BCUT2D eigenvalue weighted by molar-refractivity contribution is 5.72. The molecule has 24 heavy (non-hydrogen) atoms. The summed E-state index contributed by atoms with van der Waals surface area (Å²) in [6, 6.07) is 7.80. The van der Waals surface area contributed by atoms with Gasteiger partial charge in [-0.25, -0.2) is 9.78 Å². The van der Waals surface area contributed by atoms with Gasteiger partial charge in [0.2, 0.25) is 17.5 Å². The number of aromatic nitrogens is 1. The molecule has 0 aliphatic carbocycles. The van der Waals surface area contributed by atoms with Crippen LogP contribution < -0.4 is 10.6 Å². The van der Waals surface area contributed by atoms with E-state index in [9.17, 15) is 18.0 Å². The van der Waals surface area contributed by atoms with E-state index in [0.717, 1.165) is 0 Å². The number of urea groups is 1. The molecule has 1 aromatic carbocycles. The zero-order valence-corrected chi connectivity index (χ0v) is 12.6. The molecule has 2 aromatic rings. The van der Waals surface area contributed by atoms with Crippen molar-refractivity contribution in [1.29, 1.82) is 0 Å². The Bertz CT molecular complexity index is 722. The molecule has 9 heteroatoms. The van der Waals surface area contributed by atoms with Crippen molar-refractivity contribution < 1.29 is 22.4 Å². The Morgan fingerprint density at radius 1 is 1.12 bits per heavy atom. The zero-order valence-electron chi connectivity index (χ0n) is 12.6. The van der Waals surface area contributed by atoms with Gasteiger partial charge in [-0.05, 0) is 12.1 Å². The number of rotatable bonds is 2. The molecule has 1 saturated heterocycles. The minimum atomic E-state index is -4.63. The minimum Gasteiger partial charge on any atom is -0.420 e. The lowest BCUT2D eigenvalue weighted by Gasteiger charge is -2.33. The zero-order chi connectivity index (χ0) is 17.3. The van der Waals surface area contributed by atoms with Crippen molar-refractivity contribution >= 4 is 11.9 Å². The molecule has 1 fully saturated rings. The van der Waals surface area contributed by atoms with Crippen LogP contribution >= 0.6 is 0 Å². The first-order valence-corrected chi connectivity index (χ1v) is 7.29. The Balaban J connectivity index is 1.92. The van der Waals surface area contributed by atoms with Gasteiger partial charge in [-0.1, -0.05) is 18.2 Å². The summed E-state index contributed by atoms with van der Waals surface area (Å²) in [6.45, 7) is 0.840. The molecule has 6 nitrogen and oxygen atoms in total. The van der Waals surface area contributed by atoms with Crippen LogP contribution in [0.25, 0.3) is 11.5 Å². The van der Waals surface area contributed by atoms with Gasteiger partial charge in [0.1, 0.15) is 0 Å². The second-order valence-corrected chi connectivity index (χ2v) is 5.35. The Kier molecular flexibility index (Phi) is 4.08. The van der Waals surface area contributed by atoms with Gasteiger partial charge < -0.3 is 20.0 Å². The third-order valence-electron chi connectivity index (χ3n) is 3.78. The van der Waals surface area contributed by atoms with Crippen molar-refractivity contribution in [2.75, 3.05) is 31.1 Å². The van der Waals surface area contributed by atoms with Crippen LogP contribution in [-0.2, 0) is 6.18 Å². The van der Waals surface area contributed by atoms with Crippen molar-refractivity contribution in [3.05, 3.63) is 36.0 Å². The number of nitrogens with zero attached hydrogens (tertiary/aromatic N) is 3. The molecule has 2 N–H and O–H groups in total. The first-order valence-electron chi connectivity index (χ1n) is 7.29. The Hall–Kier alpha value is -2.71. The summed E-state index contributed by atoms with van der Waals surface area (Å²) >= 11 is 0. The number of primary amides is 1. The lowest BCUT2D eigenvalue weighted by atomic mass is 10.2. The minimum absolute atomic E-state index is 0.0877. The summed E-state index contributed by atoms with van der Waals surface area (Å²) in [5, 5.41) is 0. The number of anilines is 1. The topological polar surface area (TPSA) is 75.6 Å². The number of nitrogens with two attached hydrogens (primary N) is 1. The van der Waals surface area contributed by atoms with Crippen LogP contribution in [0.3, 0.4) is 0 Å². The van der Waals surface area contributed by atoms with Crippen LogP contribution in [0.5, 0.6) is 0 Å². The third-order valence-corrected chi connectivity index (χ3v) is 3.78. The van der Waals surface area contributed by atoms with Crippen LogP contribution in [0.1, 0.15) is 5.69 Å². The monoisotopic (exact) mass is 340 g/mol. The van der Waals surface area contributed by atoms with Crippen molar-refractivity contribution in [2.45, 2.75) is 6.18 Å². The average Bonchev–Trinajstić information content (AvgIpc) is 3.01. The summed E-state index contributed by atoms with van der Waals surface area (Å²) in [6.07, 6.45) is -4.63. The molecule has 2 amide bonds. The largest absolute Gasteiger partial charge is 0.438 e. The van der Waals surface area contributed by atoms with Crippen LogP contribution in [0.4, 0.5) is 23.8 Å². The fourth-order valence-electron chi connectivity index (χ4n) is 2.55.